The summed E-state index contributed by atoms with van der Waals surface area (Å²) in [6, 6.07) is 12.1. The summed E-state index contributed by atoms with van der Waals surface area (Å²) in [4.78, 5) is 31.4. The minimum absolute atomic E-state index is 0.255. The van der Waals surface area contributed by atoms with Crippen molar-refractivity contribution in [3.05, 3.63) is 101 Å². The van der Waals surface area contributed by atoms with E-state index in [0.717, 1.165) is 6.07 Å². The van der Waals surface area contributed by atoms with Crippen molar-refractivity contribution in [3.63, 3.8) is 0 Å². The van der Waals surface area contributed by atoms with Gasteiger partial charge in [0.15, 0.2) is 0 Å². The van der Waals surface area contributed by atoms with E-state index >= 15 is 0 Å². The molecule has 5 nitrogen and oxygen atoms in total. The van der Waals surface area contributed by atoms with Crippen molar-refractivity contribution in [2.24, 2.45) is 5.73 Å². The molecule has 0 saturated heterocycles. The van der Waals surface area contributed by atoms with E-state index in [4.69, 9.17) is 5.73 Å². The largest absolute Gasteiger partial charge is 0.368 e. The van der Waals surface area contributed by atoms with Crippen LogP contribution >= 0.6 is 0 Å². The van der Waals surface area contributed by atoms with Gasteiger partial charge in [-0.1, -0.05) is 30.3 Å². The Morgan fingerprint density at radius 2 is 1.87 bits per heavy atom. The first-order valence-electron chi connectivity index (χ1n) is 9.52. The maximum absolute atomic E-state index is 14.3. The average molecular weight is 407 g/mol. The van der Waals surface area contributed by atoms with Crippen LogP contribution < -0.4 is 5.73 Å². The normalized spacial score (nSPS) is 16.0. The van der Waals surface area contributed by atoms with Gasteiger partial charge in [-0.05, 0) is 47.7 Å². The quantitative estimate of drug-likeness (QED) is 0.700. The Labute approximate surface area is 172 Å². The van der Waals surface area contributed by atoms with E-state index in [9.17, 15) is 18.4 Å². The number of hydrogen-bond acceptors (Lipinski definition) is 3. The van der Waals surface area contributed by atoms with Gasteiger partial charge in [0.05, 0.1) is 11.6 Å². The zero-order valence-corrected chi connectivity index (χ0v) is 16.0. The van der Waals surface area contributed by atoms with Crippen LogP contribution in [0.2, 0.25) is 0 Å². The molecule has 1 heterocycles. The first-order chi connectivity index (χ1) is 14.5. The van der Waals surface area contributed by atoms with Crippen molar-refractivity contribution in [2.75, 3.05) is 0 Å². The van der Waals surface area contributed by atoms with E-state index < -0.39 is 35.5 Å². The molecule has 0 unspecified atom stereocenters. The molecule has 1 aliphatic carbocycles. The molecular formula is C23H19F2N3O2. The van der Waals surface area contributed by atoms with Crippen molar-refractivity contribution in [2.45, 2.75) is 24.9 Å². The lowest BCUT2D eigenvalue weighted by Crippen LogP contribution is -2.43. The van der Waals surface area contributed by atoms with E-state index in [2.05, 4.69) is 4.98 Å². The Morgan fingerprint density at radius 3 is 2.53 bits per heavy atom. The maximum Gasteiger partial charge on any atom is 0.256 e. The van der Waals surface area contributed by atoms with Crippen LogP contribution in [0.15, 0.2) is 67.0 Å². The summed E-state index contributed by atoms with van der Waals surface area (Å²) in [5.74, 6) is -2.61. The van der Waals surface area contributed by atoms with E-state index in [1.807, 2.05) is 0 Å². The highest BCUT2D eigenvalue weighted by Gasteiger charge is 2.40. The number of pyridine rings is 1. The molecule has 152 valence electrons. The lowest BCUT2D eigenvalue weighted by atomic mass is 9.98. The molecule has 2 aromatic carbocycles. The Balaban J connectivity index is 1.88. The van der Waals surface area contributed by atoms with Crippen LogP contribution in [0.5, 0.6) is 0 Å². The number of rotatable bonds is 5. The molecule has 1 aliphatic rings. The predicted molar refractivity (Wildman–Crippen MR) is 106 cm³/mol. The standard InChI is InChI=1S/C23H19F2N3O2/c24-16-11-18-17(19(25)12-16)8-9-20(18)28(23(30)15-7-4-10-27-13-15)21(22(26)29)14-5-2-1-3-6-14/h1-7,10-13,20-21H,8-9H2,(H2,26,29)/t20-,21-/m1/s1. The van der Waals surface area contributed by atoms with Crippen LogP contribution in [0.25, 0.3) is 0 Å². The molecule has 2 N–H and O–H groups in total. The predicted octanol–water partition coefficient (Wildman–Crippen LogP) is 3.72. The number of carbonyl (C=O) groups is 2. The third-order valence-electron chi connectivity index (χ3n) is 5.36. The van der Waals surface area contributed by atoms with E-state index in [1.165, 1.54) is 23.4 Å². The van der Waals surface area contributed by atoms with Gasteiger partial charge in [-0.3, -0.25) is 14.6 Å². The van der Waals surface area contributed by atoms with E-state index in [1.54, 1.807) is 42.5 Å². The molecule has 2 amide bonds. The Hall–Kier alpha value is -3.61. The van der Waals surface area contributed by atoms with Gasteiger partial charge in [-0.25, -0.2) is 8.78 Å². The second-order valence-corrected chi connectivity index (χ2v) is 7.18. The molecule has 1 aromatic heterocycles. The molecule has 0 bridgehead atoms. The number of benzene rings is 2. The summed E-state index contributed by atoms with van der Waals surface area (Å²) < 4.78 is 28.4. The van der Waals surface area contributed by atoms with Crippen LogP contribution in [0, 0.1) is 11.6 Å². The zero-order chi connectivity index (χ0) is 21.3. The van der Waals surface area contributed by atoms with Gasteiger partial charge in [0, 0.05) is 18.5 Å². The number of primary amides is 1. The van der Waals surface area contributed by atoms with Gasteiger partial charge < -0.3 is 10.6 Å². The summed E-state index contributed by atoms with van der Waals surface area (Å²) in [5.41, 5.74) is 7.21. The zero-order valence-electron chi connectivity index (χ0n) is 16.0. The summed E-state index contributed by atoms with van der Waals surface area (Å²) in [7, 11) is 0. The number of carbonyl (C=O) groups excluding carboxylic acids is 2. The highest BCUT2D eigenvalue weighted by atomic mass is 19.1. The Bertz CT molecular complexity index is 1090. The molecule has 0 fully saturated rings. The van der Waals surface area contributed by atoms with Crippen LogP contribution in [0.3, 0.4) is 0 Å². The lowest BCUT2D eigenvalue weighted by molar-refractivity contribution is -0.123. The maximum atomic E-state index is 14.3. The molecule has 3 aromatic rings. The van der Waals surface area contributed by atoms with E-state index in [-0.39, 0.29) is 5.56 Å². The van der Waals surface area contributed by atoms with Gasteiger partial charge in [-0.2, -0.15) is 0 Å². The number of halogens is 2. The molecule has 0 saturated carbocycles. The van der Waals surface area contributed by atoms with Crippen LogP contribution in [-0.4, -0.2) is 21.7 Å². The van der Waals surface area contributed by atoms with Gasteiger partial charge >= 0.3 is 0 Å². The first-order valence-corrected chi connectivity index (χ1v) is 9.52. The number of amides is 2. The third-order valence-corrected chi connectivity index (χ3v) is 5.36. The van der Waals surface area contributed by atoms with Gasteiger partial charge in [0.1, 0.15) is 17.7 Å². The highest BCUT2D eigenvalue weighted by molar-refractivity contribution is 5.97. The number of hydrogen-bond donors (Lipinski definition) is 1. The average Bonchev–Trinajstić information content (AvgIpc) is 3.16. The topological polar surface area (TPSA) is 76.3 Å². The Kier molecular flexibility index (Phi) is 5.27. The van der Waals surface area contributed by atoms with Crippen LogP contribution in [0.4, 0.5) is 8.78 Å². The van der Waals surface area contributed by atoms with Crippen molar-refractivity contribution >= 4 is 11.8 Å². The third kappa shape index (κ3) is 3.54. The summed E-state index contributed by atoms with van der Waals surface area (Å²) >= 11 is 0. The van der Waals surface area contributed by atoms with Crippen molar-refractivity contribution in [3.8, 4) is 0 Å². The van der Waals surface area contributed by atoms with Gasteiger partial charge in [0.2, 0.25) is 5.91 Å². The summed E-state index contributed by atoms with van der Waals surface area (Å²) in [6.45, 7) is 0. The second-order valence-electron chi connectivity index (χ2n) is 7.18. The number of aromatic nitrogens is 1. The Morgan fingerprint density at radius 1 is 1.10 bits per heavy atom. The SMILES string of the molecule is NC(=O)[C@@H](c1ccccc1)N(C(=O)c1cccnc1)[C@@H]1CCc2c(F)cc(F)cc21. The van der Waals surface area contributed by atoms with E-state index in [0.29, 0.717) is 29.5 Å². The molecule has 0 radical (unpaired) electrons. The van der Waals surface area contributed by atoms with Crippen molar-refractivity contribution in [1.82, 2.24) is 9.88 Å². The molecule has 4 rings (SSSR count). The molecule has 0 spiro atoms. The van der Waals surface area contributed by atoms with Gasteiger partial charge in [0.25, 0.3) is 5.91 Å². The summed E-state index contributed by atoms with van der Waals surface area (Å²) in [6.07, 6.45) is 3.58. The lowest BCUT2D eigenvalue weighted by Gasteiger charge is -2.35. The molecule has 2 atom stereocenters. The fraction of sp³-hybridized carbons (Fsp3) is 0.174. The van der Waals surface area contributed by atoms with Crippen molar-refractivity contribution in [1.29, 1.82) is 0 Å². The fourth-order valence-electron chi connectivity index (χ4n) is 4.08. The smallest absolute Gasteiger partial charge is 0.256 e. The molecule has 7 heteroatoms. The summed E-state index contributed by atoms with van der Waals surface area (Å²) in [5, 5.41) is 0. The minimum Gasteiger partial charge on any atom is -0.368 e. The van der Waals surface area contributed by atoms with Crippen molar-refractivity contribution < 1.29 is 18.4 Å². The number of fused-ring (bicyclic) bond motifs is 1. The fourth-order valence-corrected chi connectivity index (χ4v) is 4.08. The molecular weight excluding hydrogens is 388 g/mol. The monoisotopic (exact) mass is 407 g/mol. The van der Waals surface area contributed by atoms with Crippen LogP contribution in [0.1, 0.15) is 45.6 Å². The van der Waals surface area contributed by atoms with Gasteiger partial charge in [-0.15, -0.1) is 0 Å². The highest BCUT2D eigenvalue weighted by Crippen LogP contribution is 2.42. The second kappa shape index (κ2) is 8.02. The molecule has 30 heavy (non-hydrogen) atoms. The number of nitrogens with zero attached hydrogens (tertiary/aromatic N) is 2. The first kappa shape index (κ1) is 19.7. The number of nitrogens with two attached hydrogens (primary N) is 1. The molecule has 0 aliphatic heterocycles. The van der Waals surface area contributed by atoms with Crippen LogP contribution in [-0.2, 0) is 11.2 Å². The minimum atomic E-state index is -1.11.